The molecule has 40 heavy (non-hydrogen) atoms. The monoisotopic (exact) mass is 563 g/mol. The molecule has 0 fully saturated rings. The van der Waals surface area contributed by atoms with Crippen molar-refractivity contribution >= 4 is 23.2 Å². The summed E-state index contributed by atoms with van der Waals surface area (Å²) in [7, 11) is 4.35. The molecule has 2 heterocycles. The van der Waals surface area contributed by atoms with Gasteiger partial charge in [0.1, 0.15) is 5.56 Å². The van der Waals surface area contributed by atoms with E-state index in [9.17, 15) is 14.4 Å². The van der Waals surface area contributed by atoms with Crippen LogP contribution in [0.25, 0.3) is 22.4 Å². The second kappa shape index (κ2) is 12.3. The number of aliphatic hydroxyl groups is 1. The largest absolute Gasteiger partial charge is 0.481 e. The Morgan fingerprint density at radius 2 is 1.75 bits per heavy atom. The van der Waals surface area contributed by atoms with Crippen LogP contribution in [0.3, 0.4) is 0 Å². The van der Waals surface area contributed by atoms with E-state index in [2.05, 4.69) is 15.6 Å². The molecule has 2 aromatic heterocycles. The normalized spacial score (nSPS) is 10.9. The number of nitrogens with zero attached hydrogens (tertiary/aromatic N) is 3. The summed E-state index contributed by atoms with van der Waals surface area (Å²) in [6, 6.07) is 14.8. The van der Waals surface area contributed by atoms with Crippen LogP contribution in [0.4, 0.5) is 5.69 Å². The molecule has 10 nitrogen and oxygen atoms in total. The Labute approximate surface area is 235 Å². The fraction of sp³-hybridized carbons (Fsp3) is 0.241. The van der Waals surface area contributed by atoms with Gasteiger partial charge < -0.3 is 25.0 Å². The molecule has 0 unspecified atom stereocenters. The van der Waals surface area contributed by atoms with Crippen LogP contribution in [0.1, 0.15) is 21.5 Å². The Hall–Kier alpha value is -4.25. The number of carbonyl (C=O) groups excluding carboxylic acids is 1. The number of nitrogens with one attached hydrogen (secondary N) is 2. The molecule has 0 aliphatic carbocycles. The number of hydrogen-bond acceptors (Lipinski definition) is 7. The first kappa shape index (κ1) is 28.8. The van der Waals surface area contributed by atoms with Crippen LogP contribution >= 0.6 is 11.6 Å². The number of hydrogen-bond donors (Lipinski definition) is 3. The van der Waals surface area contributed by atoms with Crippen LogP contribution < -0.4 is 26.6 Å². The van der Waals surface area contributed by atoms with E-state index in [0.29, 0.717) is 40.9 Å². The average Bonchev–Trinajstić information content (AvgIpc) is 2.95. The Morgan fingerprint density at radius 1 is 1.05 bits per heavy atom. The molecule has 0 aliphatic heterocycles. The number of rotatable bonds is 9. The lowest BCUT2D eigenvalue weighted by molar-refractivity contribution is 0.102. The maximum atomic E-state index is 13.0. The molecule has 1 amide bonds. The Balaban J connectivity index is 1.69. The van der Waals surface area contributed by atoms with Crippen LogP contribution in [0.15, 0.2) is 64.3 Å². The smallest absolute Gasteiger partial charge is 0.330 e. The number of halogens is 1. The van der Waals surface area contributed by atoms with Crippen LogP contribution in [-0.2, 0) is 20.6 Å². The van der Waals surface area contributed by atoms with Crippen molar-refractivity contribution in [2.24, 2.45) is 14.1 Å². The van der Waals surface area contributed by atoms with Crippen molar-refractivity contribution < 1.29 is 14.6 Å². The van der Waals surface area contributed by atoms with E-state index in [4.69, 9.17) is 21.4 Å². The van der Waals surface area contributed by atoms with Gasteiger partial charge in [-0.3, -0.25) is 14.2 Å². The number of pyridine rings is 1. The van der Waals surface area contributed by atoms with Gasteiger partial charge in [-0.05, 0) is 30.2 Å². The number of benzene rings is 2. The number of carbonyl (C=O) groups is 1. The summed E-state index contributed by atoms with van der Waals surface area (Å²) in [5, 5.41) is 15.4. The van der Waals surface area contributed by atoms with Crippen molar-refractivity contribution in [3.8, 4) is 28.3 Å². The summed E-state index contributed by atoms with van der Waals surface area (Å²) in [5.41, 5.74) is 3.60. The van der Waals surface area contributed by atoms with Crippen LogP contribution in [-0.4, -0.2) is 45.4 Å². The molecule has 0 saturated carbocycles. The van der Waals surface area contributed by atoms with Gasteiger partial charge in [0.15, 0.2) is 0 Å². The summed E-state index contributed by atoms with van der Waals surface area (Å²) < 4.78 is 7.57. The molecular weight excluding hydrogens is 534 g/mol. The van der Waals surface area contributed by atoms with Gasteiger partial charge in [0.25, 0.3) is 11.5 Å². The van der Waals surface area contributed by atoms with Gasteiger partial charge in [-0.2, -0.15) is 0 Å². The van der Waals surface area contributed by atoms with Gasteiger partial charge in [0.2, 0.25) is 5.88 Å². The van der Waals surface area contributed by atoms with Gasteiger partial charge >= 0.3 is 5.69 Å². The first-order valence-electron chi connectivity index (χ1n) is 12.5. The molecule has 0 saturated heterocycles. The van der Waals surface area contributed by atoms with Gasteiger partial charge in [-0.25, -0.2) is 9.78 Å². The van der Waals surface area contributed by atoms with Crippen molar-refractivity contribution in [3.63, 3.8) is 0 Å². The number of amides is 1. The minimum Gasteiger partial charge on any atom is -0.481 e. The molecule has 11 heteroatoms. The predicted octanol–water partition coefficient (Wildman–Crippen LogP) is 3.12. The highest BCUT2D eigenvalue weighted by molar-refractivity contribution is 6.36. The average molecular weight is 564 g/mol. The molecular formula is C29H30ClN5O5. The summed E-state index contributed by atoms with van der Waals surface area (Å²) >= 11 is 6.93. The van der Waals surface area contributed by atoms with Crippen LogP contribution in [0.2, 0.25) is 5.02 Å². The summed E-state index contributed by atoms with van der Waals surface area (Å²) in [6.07, 6.45) is 1.23. The van der Waals surface area contributed by atoms with Crippen molar-refractivity contribution in [2.75, 3.05) is 25.6 Å². The Bertz CT molecular complexity index is 1700. The van der Waals surface area contributed by atoms with Gasteiger partial charge in [0.05, 0.1) is 24.4 Å². The number of aromatic nitrogens is 3. The van der Waals surface area contributed by atoms with Crippen molar-refractivity contribution in [1.29, 1.82) is 0 Å². The maximum absolute atomic E-state index is 13.0. The third-order valence-corrected chi connectivity index (χ3v) is 6.98. The van der Waals surface area contributed by atoms with Crippen molar-refractivity contribution in [3.05, 3.63) is 97.3 Å². The molecule has 0 atom stereocenters. The number of anilines is 1. The lowest BCUT2D eigenvalue weighted by Gasteiger charge is -2.16. The number of aryl methyl sites for hydroxylation is 1. The molecule has 0 aliphatic rings. The molecule has 0 radical (unpaired) electrons. The van der Waals surface area contributed by atoms with E-state index in [1.807, 2.05) is 43.3 Å². The van der Waals surface area contributed by atoms with Gasteiger partial charge in [-0.15, -0.1) is 0 Å². The number of aliphatic hydroxyl groups excluding tert-OH is 1. The molecule has 0 bridgehead atoms. The minimum atomic E-state index is -0.678. The van der Waals surface area contributed by atoms with Crippen LogP contribution in [0, 0.1) is 6.92 Å². The van der Waals surface area contributed by atoms with E-state index in [1.165, 1.54) is 24.9 Å². The fourth-order valence-corrected chi connectivity index (χ4v) is 4.71. The molecule has 0 spiro atoms. The van der Waals surface area contributed by atoms with E-state index < -0.39 is 17.2 Å². The van der Waals surface area contributed by atoms with E-state index in [-0.39, 0.29) is 12.2 Å². The summed E-state index contributed by atoms with van der Waals surface area (Å²) in [6.45, 7) is 2.83. The van der Waals surface area contributed by atoms with Gasteiger partial charge in [-0.1, -0.05) is 48.0 Å². The minimum absolute atomic E-state index is 0.0339. The van der Waals surface area contributed by atoms with Crippen LogP contribution in [0.5, 0.6) is 5.88 Å². The number of methoxy groups -OCH3 is 1. The van der Waals surface area contributed by atoms with Crippen molar-refractivity contribution in [2.45, 2.75) is 13.5 Å². The zero-order valence-corrected chi connectivity index (χ0v) is 23.4. The summed E-state index contributed by atoms with van der Waals surface area (Å²) in [5.74, 6) is -0.170. The highest BCUT2D eigenvalue weighted by Gasteiger charge is 2.19. The van der Waals surface area contributed by atoms with Crippen molar-refractivity contribution in [1.82, 2.24) is 19.4 Å². The molecule has 4 aromatic rings. The molecule has 2 aromatic carbocycles. The second-order valence-corrected chi connectivity index (χ2v) is 9.54. The highest BCUT2D eigenvalue weighted by Crippen LogP contribution is 2.39. The first-order valence-corrected chi connectivity index (χ1v) is 12.9. The second-order valence-electron chi connectivity index (χ2n) is 9.17. The third-order valence-electron chi connectivity index (χ3n) is 6.57. The zero-order valence-electron chi connectivity index (χ0n) is 22.6. The third kappa shape index (κ3) is 5.69. The fourth-order valence-electron chi connectivity index (χ4n) is 4.39. The molecule has 208 valence electrons. The first-order chi connectivity index (χ1) is 19.2. The lowest BCUT2D eigenvalue weighted by Crippen LogP contribution is -2.40. The maximum Gasteiger partial charge on any atom is 0.330 e. The van der Waals surface area contributed by atoms with E-state index >= 15 is 0 Å². The summed E-state index contributed by atoms with van der Waals surface area (Å²) in [4.78, 5) is 42.2. The standard InChI is InChI=1S/C29H30ClN5O5/c1-17-19(7-6-10-23(17)32-26(37)22-16-34(2)29(39)35(3)28(22)38)20-8-5-9-21(25(20)30)24-12-11-18(15-31-13-14-36)27(33-24)40-4/h5-12,16,31,36H,13-15H2,1-4H3,(H,32,37). The van der Waals surface area contributed by atoms with E-state index in [0.717, 1.165) is 26.8 Å². The molecule has 4 rings (SSSR count). The predicted molar refractivity (Wildman–Crippen MR) is 155 cm³/mol. The SMILES string of the molecule is COc1nc(-c2cccc(-c3cccc(NC(=O)c4cn(C)c(=O)n(C)c4=O)c3C)c2Cl)ccc1CNCCO. The highest BCUT2D eigenvalue weighted by atomic mass is 35.5. The van der Waals surface area contributed by atoms with Gasteiger partial charge in [0, 0.05) is 55.8 Å². The van der Waals surface area contributed by atoms with E-state index in [1.54, 1.807) is 19.2 Å². The Morgan fingerprint density at radius 3 is 2.48 bits per heavy atom. The lowest BCUT2D eigenvalue weighted by atomic mass is 9.96. The Kier molecular flexibility index (Phi) is 8.83. The zero-order chi connectivity index (χ0) is 29.0. The quantitative estimate of drug-likeness (QED) is 0.267. The number of ether oxygens (including phenoxy) is 1. The molecule has 3 N–H and O–H groups in total. The topological polar surface area (TPSA) is 127 Å².